The minimum absolute atomic E-state index is 0.131. The first-order chi connectivity index (χ1) is 8.01. The summed E-state index contributed by atoms with van der Waals surface area (Å²) in [6.45, 7) is 8.32. The second-order valence-electron chi connectivity index (χ2n) is 4.61. The molecule has 0 saturated carbocycles. The van der Waals surface area contributed by atoms with Crippen LogP contribution in [0.25, 0.3) is 0 Å². The van der Waals surface area contributed by atoms with Gasteiger partial charge in [0, 0.05) is 5.56 Å². The van der Waals surface area contributed by atoms with Crippen LogP contribution < -0.4 is 0 Å². The van der Waals surface area contributed by atoms with Gasteiger partial charge >= 0.3 is 0 Å². The van der Waals surface area contributed by atoms with Gasteiger partial charge in [0.1, 0.15) is 0 Å². The first-order valence-corrected chi connectivity index (χ1v) is 6.21. The molecule has 0 spiro atoms. The van der Waals surface area contributed by atoms with E-state index >= 15 is 0 Å². The summed E-state index contributed by atoms with van der Waals surface area (Å²) in [5.74, 6) is 0.630. The molecule has 93 valence electrons. The minimum Gasteiger partial charge on any atom is -0.258 e. The van der Waals surface area contributed by atoms with Gasteiger partial charge in [-0.15, -0.1) is 0 Å². The van der Waals surface area contributed by atoms with E-state index in [2.05, 4.69) is 19.9 Å². The van der Waals surface area contributed by atoms with E-state index in [0.717, 1.165) is 24.0 Å². The van der Waals surface area contributed by atoms with Crippen LogP contribution in [0.4, 0.5) is 5.69 Å². The minimum atomic E-state index is -0.331. The summed E-state index contributed by atoms with van der Waals surface area (Å²) in [5.41, 5.74) is 2.09. The van der Waals surface area contributed by atoms with Crippen LogP contribution in [0.1, 0.15) is 63.5 Å². The van der Waals surface area contributed by atoms with Crippen molar-refractivity contribution in [2.75, 3.05) is 0 Å². The maximum atomic E-state index is 11.0. The van der Waals surface area contributed by atoms with E-state index in [1.807, 2.05) is 19.9 Å². The fraction of sp³-hybridized carbons (Fsp3) is 0.571. The zero-order chi connectivity index (χ0) is 13.0. The number of hydrogen-bond donors (Lipinski definition) is 0. The van der Waals surface area contributed by atoms with E-state index in [4.69, 9.17) is 0 Å². The van der Waals surface area contributed by atoms with Gasteiger partial charge in [0.25, 0.3) is 5.69 Å². The van der Waals surface area contributed by atoms with Crippen molar-refractivity contribution in [2.24, 2.45) is 0 Å². The van der Waals surface area contributed by atoms with Crippen LogP contribution in [0, 0.1) is 16.2 Å². The van der Waals surface area contributed by atoms with Crippen molar-refractivity contribution in [3.05, 3.63) is 39.4 Å². The Bertz CT molecular complexity index is 401. The highest BCUT2D eigenvalue weighted by atomic mass is 16.6. The Morgan fingerprint density at radius 2 is 1.88 bits per heavy atom. The highest BCUT2D eigenvalue weighted by Crippen LogP contribution is 2.31. The average molecular weight is 234 g/mol. The molecule has 0 N–H and O–H groups in total. The molecule has 2 atom stereocenters. The lowest BCUT2D eigenvalue weighted by Gasteiger charge is -2.14. The van der Waals surface area contributed by atoms with Crippen molar-refractivity contribution in [2.45, 2.75) is 52.4 Å². The van der Waals surface area contributed by atoms with E-state index < -0.39 is 0 Å². The van der Waals surface area contributed by atoms with Gasteiger partial charge < -0.3 is 0 Å². The lowest BCUT2D eigenvalue weighted by atomic mass is 9.90. The number of nitro benzene ring substituents is 1. The van der Waals surface area contributed by atoms with Gasteiger partial charge in [-0.25, -0.2) is 0 Å². The summed E-state index contributed by atoms with van der Waals surface area (Å²) in [5, 5.41) is 11.0. The maximum Gasteiger partial charge on any atom is 0.280 e. The topological polar surface area (TPSA) is 43.1 Å². The molecule has 0 amide bonds. The monoisotopic (exact) mass is 234 g/mol. The molecular formula is C14H20NO2. The Labute approximate surface area is 103 Å². The Balaban J connectivity index is 3.23. The summed E-state index contributed by atoms with van der Waals surface area (Å²) >= 11 is 0. The highest BCUT2D eigenvalue weighted by molar-refractivity contribution is 5.44. The lowest BCUT2D eigenvalue weighted by molar-refractivity contribution is -0.386. The molecule has 0 bridgehead atoms. The van der Waals surface area contributed by atoms with Gasteiger partial charge in [-0.05, 0) is 42.4 Å². The van der Waals surface area contributed by atoms with Crippen molar-refractivity contribution in [3.8, 4) is 0 Å². The summed E-state index contributed by atoms with van der Waals surface area (Å²) in [6.07, 6.45) is 1.93. The van der Waals surface area contributed by atoms with Crippen molar-refractivity contribution in [1.29, 1.82) is 0 Å². The van der Waals surface area contributed by atoms with E-state index in [-0.39, 0.29) is 16.5 Å². The Kier molecular flexibility index (Phi) is 4.67. The molecule has 0 aliphatic heterocycles. The zero-order valence-electron chi connectivity index (χ0n) is 11.0. The van der Waals surface area contributed by atoms with Gasteiger partial charge in [-0.1, -0.05) is 27.7 Å². The highest BCUT2D eigenvalue weighted by Gasteiger charge is 2.19. The largest absolute Gasteiger partial charge is 0.280 e. The molecule has 0 aliphatic rings. The number of benzene rings is 1. The van der Waals surface area contributed by atoms with Crippen LogP contribution in [-0.2, 0) is 0 Å². The van der Waals surface area contributed by atoms with E-state index in [1.165, 1.54) is 0 Å². The van der Waals surface area contributed by atoms with Gasteiger partial charge in [0.05, 0.1) is 11.0 Å². The Morgan fingerprint density at radius 3 is 2.35 bits per heavy atom. The first kappa shape index (κ1) is 13.7. The molecule has 0 saturated heterocycles. The van der Waals surface area contributed by atoms with Crippen molar-refractivity contribution < 1.29 is 4.92 Å². The molecule has 1 aromatic rings. The van der Waals surface area contributed by atoms with E-state index in [1.54, 1.807) is 6.07 Å². The molecule has 1 rings (SSSR count). The average Bonchev–Trinajstić information content (AvgIpc) is 2.35. The standard InChI is InChI=1S/C14H20NO2/c1-5-10(3)12-7-8-14(15(16)17)13(9-12)11(4)6-2/h7,9-11H,5-6H2,1-4H3. The van der Waals surface area contributed by atoms with Crippen LogP contribution >= 0.6 is 0 Å². The third-order valence-electron chi connectivity index (χ3n) is 3.48. The van der Waals surface area contributed by atoms with Gasteiger partial charge in [0.15, 0.2) is 0 Å². The molecule has 0 heterocycles. The third kappa shape index (κ3) is 3.05. The number of nitrogens with zero attached hydrogens (tertiary/aromatic N) is 1. The third-order valence-corrected chi connectivity index (χ3v) is 3.48. The molecule has 3 heteroatoms. The fourth-order valence-corrected chi connectivity index (χ4v) is 1.80. The lowest BCUT2D eigenvalue weighted by Crippen LogP contribution is -2.02. The van der Waals surface area contributed by atoms with Crippen molar-refractivity contribution >= 4 is 5.69 Å². The second-order valence-corrected chi connectivity index (χ2v) is 4.61. The summed E-state index contributed by atoms with van der Waals surface area (Å²) in [4.78, 5) is 10.6. The van der Waals surface area contributed by atoms with Gasteiger partial charge in [0.2, 0.25) is 0 Å². The predicted molar refractivity (Wildman–Crippen MR) is 69.3 cm³/mol. The SMILES string of the molecule is CCC(C)c1c[c]c([N+](=O)[O-])c(C(C)CC)c1. The molecule has 0 aromatic heterocycles. The number of hydrogen-bond acceptors (Lipinski definition) is 2. The van der Waals surface area contributed by atoms with E-state index in [0.29, 0.717) is 5.92 Å². The van der Waals surface area contributed by atoms with Crippen LogP contribution in [0.15, 0.2) is 12.1 Å². The summed E-state index contributed by atoms with van der Waals surface area (Å²) in [7, 11) is 0. The maximum absolute atomic E-state index is 11.0. The number of nitro groups is 1. The first-order valence-electron chi connectivity index (χ1n) is 6.21. The molecule has 3 nitrogen and oxygen atoms in total. The Morgan fingerprint density at radius 1 is 1.29 bits per heavy atom. The van der Waals surface area contributed by atoms with Crippen molar-refractivity contribution in [3.63, 3.8) is 0 Å². The quantitative estimate of drug-likeness (QED) is 0.559. The number of rotatable bonds is 5. The Hall–Kier alpha value is -1.38. The zero-order valence-corrected chi connectivity index (χ0v) is 11.0. The predicted octanol–water partition coefficient (Wildman–Crippen LogP) is 4.42. The molecular weight excluding hydrogens is 214 g/mol. The fourth-order valence-electron chi connectivity index (χ4n) is 1.80. The smallest absolute Gasteiger partial charge is 0.258 e. The second kappa shape index (κ2) is 5.80. The molecule has 1 aromatic carbocycles. The van der Waals surface area contributed by atoms with Crippen LogP contribution in [0.5, 0.6) is 0 Å². The van der Waals surface area contributed by atoms with E-state index in [9.17, 15) is 10.1 Å². The summed E-state index contributed by atoms with van der Waals surface area (Å²) < 4.78 is 0. The normalized spacial score (nSPS) is 14.4. The molecule has 0 aliphatic carbocycles. The molecule has 0 fully saturated rings. The van der Waals surface area contributed by atoms with Gasteiger partial charge in [-0.2, -0.15) is 0 Å². The van der Waals surface area contributed by atoms with Crippen LogP contribution in [0.2, 0.25) is 0 Å². The summed E-state index contributed by atoms with van der Waals surface area (Å²) in [6, 6.07) is 6.58. The van der Waals surface area contributed by atoms with Crippen LogP contribution in [0.3, 0.4) is 0 Å². The van der Waals surface area contributed by atoms with Crippen LogP contribution in [-0.4, -0.2) is 4.92 Å². The van der Waals surface area contributed by atoms with Gasteiger partial charge in [-0.3, -0.25) is 10.1 Å². The molecule has 2 unspecified atom stereocenters. The molecule has 17 heavy (non-hydrogen) atoms. The van der Waals surface area contributed by atoms with Crippen molar-refractivity contribution in [1.82, 2.24) is 0 Å². The molecule has 1 radical (unpaired) electrons.